The molecule has 3 atom stereocenters. The third kappa shape index (κ3) is 1.50. The lowest BCUT2D eigenvalue weighted by atomic mass is 9.75. The Morgan fingerprint density at radius 3 is 2.23 bits per heavy atom. The van der Waals surface area contributed by atoms with Crippen LogP contribution in [-0.2, 0) is 0 Å². The first-order chi connectivity index (χ1) is 5.85. The van der Waals surface area contributed by atoms with Crippen molar-refractivity contribution in [2.45, 2.75) is 51.7 Å². The Morgan fingerprint density at radius 2 is 1.92 bits per heavy atom. The molecule has 0 radical (unpaired) electrons. The largest absolute Gasteiger partial charge is 0.388 e. The molecule has 0 aliphatic heterocycles. The van der Waals surface area contributed by atoms with Crippen molar-refractivity contribution in [2.75, 3.05) is 7.05 Å². The van der Waals surface area contributed by atoms with Crippen molar-refractivity contribution in [3.05, 3.63) is 0 Å². The van der Waals surface area contributed by atoms with Crippen LogP contribution in [0.15, 0.2) is 0 Å². The predicted molar refractivity (Wildman–Crippen MR) is 55.7 cm³/mol. The first kappa shape index (κ1) is 11.0. The van der Waals surface area contributed by atoms with Gasteiger partial charge in [0.05, 0.1) is 5.60 Å². The molecule has 1 fully saturated rings. The van der Waals surface area contributed by atoms with Gasteiger partial charge in [-0.15, -0.1) is 0 Å². The van der Waals surface area contributed by atoms with Crippen LogP contribution in [0.2, 0.25) is 0 Å². The maximum Gasteiger partial charge on any atom is 0.0800 e. The van der Waals surface area contributed by atoms with E-state index in [-0.39, 0.29) is 5.54 Å². The molecule has 2 nitrogen and oxygen atoms in total. The van der Waals surface area contributed by atoms with Gasteiger partial charge in [0.15, 0.2) is 0 Å². The fourth-order valence-corrected chi connectivity index (χ4v) is 2.84. The number of aliphatic hydroxyl groups is 1. The average molecular weight is 185 g/mol. The van der Waals surface area contributed by atoms with Crippen LogP contribution in [0.1, 0.15) is 40.5 Å². The molecule has 0 heterocycles. The fraction of sp³-hybridized carbons (Fsp3) is 1.00. The molecule has 1 rings (SSSR count). The lowest BCUT2D eigenvalue weighted by molar-refractivity contribution is -0.0228. The maximum atomic E-state index is 10.3. The van der Waals surface area contributed by atoms with Crippen molar-refractivity contribution < 1.29 is 5.11 Å². The summed E-state index contributed by atoms with van der Waals surface area (Å²) in [6.45, 7) is 8.57. The van der Waals surface area contributed by atoms with Crippen molar-refractivity contribution in [1.29, 1.82) is 0 Å². The van der Waals surface area contributed by atoms with Crippen LogP contribution in [0.3, 0.4) is 0 Å². The molecule has 0 aromatic heterocycles. The normalized spacial score (nSPS) is 45.9. The predicted octanol–water partition coefficient (Wildman–Crippen LogP) is 1.78. The lowest BCUT2D eigenvalue weighted by Gasteiger charge is -2.42. The summed E-state index contributed by atoms with van der Waals surface area (Å²) in [5.41, 5.74) is -0.683. The van der Waals surface area contributed by atoms with Gasteiger partial charge in [0, 0.05) is 5.54 Å². The molecule has 0 aromatic carbocycles. The SMILES string of the molecule is CN[C@]1(C)[C@@H](C(C)C)CC[C@@]1(C)O. The van der Waals surface area contributed by atoms with Crippen LogP contribution in [0.4, 0.5) is 0 Å². The first-order valence-electron chi connectivity index (χ1n) is 5.26. The molecular formula is C11H23NO. The van der Waals surface area contributed by atoms with Crippen molar-refractivity contribution >= 4 is 0 Å². The highest BCUT2D eigenvalue weighted by molar-refractivity contribution is 5.09. The summed E-state index contributed by atoms with van der Waals surface area (Å²) in [4.78, 5) is 0. The van der Waals surface area contributed by atoms with E-state index in [2.05, 4.69) is 26.1 Å². The monoisotopic (exact) mass is 185 g/mol. The first-order valence-corrected chi connectivity index (χ1v) is 5.26. The fourth-order valence-electron chi connectivity index (χ4n) is 2.84. The molecule has 1 aliphatic carbocycles. The van der Waals surface area contributed by atoms with Gasteiger partial charge < -0.3 is 10.4 Å². The van der Waals surface area contributed by atoms with E-state index in [9.17, 15) is 5.11 Å². The van der Waals surface area contributed by atoms with Crippen molar-refractivity contribution in [3.63, 3.8) is 0 Å². The molecule has 0 spiro atoms. The van der Waals surface area contributed by atoms with Crippen molar-refractivity contribution in [2.24, 2.45) is 11.8 Å². The zero-order chi connectivity index (χ0) is 10.3. The highest BCUT2D eigenvalue weighted by atomic mass is 16.3. The molecule has 2 heteroatoms. The maximum absolute atomic E-state index is 10.3. The number of rotatable bonds is 2. The smallest absolute Gasteiger partial charge is 0.0800 e. The van der Waals surface area contributed by atoms with Gasteiger partial charge in [-0.2, -0.15) is 0 Å². The molecule has 0 saturated heterocycles. The minimum absolute atomic E-state index is 0.124. The summed E-state index contributed by atoms with van der Waals surface area (Å²) in [6.07, 6.45) is 2.04. The van der Waals surface area contributed by atoms with Gasteiger partial charge >= 0.3 is 0 Å². The van der Waals surface area contributed by atoms with E-state index < -0.39 is 5.60 Å². The van der Waals surface area contributed by atoms with Crippen LogP contribution in [0.25, 0.3) is 0 Å². The Kier molecular flexibility index (Phi) is 2.75. The van der Waals surface area contributed by atoms with Gasteiger partial charge in [0.1, 0.15) is 0 Å². The van der Waals surface area contributed by atoms with E-state index in [1.165, 1.54) is 0 Å². The molecular weight excluding hydrogens is 162 g/mol. The minimum atomic E-state index is -0.559. The topological polar surface area (TPSA) is 32.3 Å². The van der Waals surface area contributed by atoms with Gasteiger partial charge in [-0.3, -0.25) is 0 Å². The molecule has 2 N–H and O–H groups in total. The highest BCUT2D eigenvalue weighted by Crippen LogP contribution is 2.46. The molecule has 13 heavy (non-hydrogen) atoms. The summed E-state index contributed by atoms with van der Waals surface area (Å²) in [5.74, 6) is 1.21. The Hall–Kier alpha value is -0.0800. The zero-order valence-corrected chi connectivity index (χ0v) is 9.52. The van der Waals surface area contributed by atoms with E-state index in [4.69, 9.17) is 0 Å². The summed E-state index contributed by atoms with van der Waals surface area (Å²) >= 11 is 0. The summed E-state index contributed by atoms with van der Waals surface area (Å²) in [5, 5.41) is 13.6. The van der Waals surface area contributed by atoms with E-state index in [0.717, 1.165) is 12.8 Å². The number of nitrogens with one attached hydrogen (secondary N) is 1. The Balaban J connectivity index is 2.93. The Bertz CT molecular complexity index is 189. The second-order valence-corrected chi connectivity index (χ2v) is 5.12. The second-order valence-electron chi connectivity index (χ2n) is 5.12. The molecule has 0 aromatic rings. The molecule has 78 valence electrons. The molecule has 0 amide bonds. The van der Waals surface area contributed by atoms with Crippen LogP contribution < -0.4 is 5.32 Å². The van der Waals surface area contributed by atoms with Crippen LogP contribution in [0.5, 0.6) is 0 Å². The van der Waals surface area contributed by atoms with Gasteiger partial charge in [-0.05, 0) is 45.6 Å². The van der Waals surface area contributed by atoms with Gasteiger partial charge in [0.25, 0.3) is 0 Å². The number of likely N-dealkylation sites (N-methyl/N-ethyl adjacent to an activating group) is 1. The number of hydrogen-bond donors (Lipinski definition) is 2. The molecule has 0 bridgehead atoms. The van der Waals surface area contributed by atoms with Crippen LogP contribution in [0, 0.1) is 11.8 Å². The Morgan fingerprint density at radius 1 is 1.38 bits per heavy atom. The second kappa shape index (κ2) is 3.25. The summed E-state index contributed by atoms with van der Waals surface area (Å²) in [7, 11) is 1.95. The third-order valence-electron chi connectivity index (χ3n) is 4.13. The standard InChI is InChI=1S/C11H23NO/c1-8(2)9-6-7-10(3,13)11(9,4)12-5/h8-9,12-13H,6-7H2,1-5H3/t9-,10-,11-/m1/s1. The van der Waals surface area contributed by atoms with Crippen molar-refractivity contribution in [1.82, 2.24) is 5.32 Å². The van der Waals surface area contributed by atoms with Gasteiger partial charge in [-0.25, -0.2) is 0 Å². The summed E-state index contributed by atoms with van der Waals surface area (Å²) in [6, 6.07) is 0. The van der Waals surface area contributed by atoms with Gasteiger partial charge in [-0.1, -0.05) is 13.8 Å². The minimum Gasteiger partial charge on any atom is -0.388 e. The highest BCUT2D eigenvalue weighted by Gasteiger charge is 2.53. The summed E-state index contributed by atoms with van der Waals surface area (Å²) < 4.78 is 0. The molecule has 1 saturated carbocycles. The van der Waals surface area contributed by atoms with Crippen molar-refractivity contribution in [3.8, 4) is 0 Å². The van der Waals surface area contributed by atoms with Gasteiger partial charge in [0.2, 0.25) is 0 Å². The van der Waals surface area contributed by atoms with E-state index >= 15 is 0 Å². The van der Waals surface area contributed by atoms with E-state index in [0.29, 0.717) is 11.8 Å². The molecule has 1 aliphatic rings. The average Bonchev–Trinajstić information content (AvgIpc) is 2.25. The van der Waals surface area contributed by atoms with E-state index in [1.807, 2.05) is 14.0 Å². The Labute approximate surface area is 81.7 Å². The lowest BCUT2D eigenvalue weighted by Crippen LogP contribution is -2.59. The molecule has 0 unspecified atom stereocenters. The van der Waals surface area contributed by atoms with E-state index in [1.54, 1.807) is 0 Å². The zero-order valence-electron chi connectivity index (χ0n) is 9.52. The quantitative estimate of drug-likeness (QED) is 0.687. The van der Waals surface area contributed by atoms with Crippen LogP contribution >= 0.6 is 0 Å². The van der Waals surface area contributed by atoms with Crippen LogP contribution in [-0.4, -0.2) is 23.3 Å². The number of hydrogen-bond acceptors (Lipinski definition) is 2. The third-order valence-corrected chi connectivity index (χ3v) is 4.13.